The van der Waals surface area contributed by atoms with Gasteiger partial charge in [-0.25, -0.2) is 0 Å². The van der Waals surface area contributed by atoms with Crippen molar-refractivity contribution in [2.45, 2.75) is 25.4 Å². The Morgan fingerprint density at radius 2 is 2.64 bits per heavy atom. The Hall–Kier alpha value is -0.520. The van der Waals surface area contributed by atoms with E-state index < -0.39 is 0 Å². The molecule has 1 aromatic heterocycles. The highest BCUT2D eigenvalue weighted by molar-refractivity contribution is 7.03. The molecule has 0 saturated carbocycles. The van der Waals surface area contributed by atoms with E-state index in [1.807, 2.05) is 12.4 Å². The molecule has 4 nitrogen and oxygen atoms in total. The Kier molecular flexibility index (Phi) is 3.44. The molecule has 5 heteroatoms. The number of hydrogen-bond acceptors (Lipinski definition) is 5. The third kappa shape index (κ3) is 2.50. The largest absolute Gasteiger partial charge is 0.316 e. The summed E-state index contributed by atoms with van der Waals surface area (Å²) in [4.78, 5) is 2.45. The van der Waals surface area contributed by atoms with Gasteiger partial charge in [0.2, 0.25) is 0 Å². The predicted molar refractivity (Wildman–Crippen MR) is 57.3 cm³/mol. The first kappa shape index (κ1) is 10.0. The van der Waals surface area contributed by atoms with Gasteiger partial charge in [-0.1, -0.05) is 4.49 Å². The Balaban J connectivity index is 1.86. The van der Waals surface area contributed by atoms with E-state index in [9.17, 15) is 0 Å². The standard InChI is InChI=1S/C9H16N4S/c1-10-8-3-2-4-13(5-8)6-9-7-14-12-11-9/h7-8,10H,2-6H2,1H3. The van der Waals surface area contributed by atoms with E-state index in [1.165, 1.54) is 30.9 Å². The van der Waals surface area contributed by atoms with Gasteiger partial charge in [0, 0.05) is 24.5 Å². The van der Waals surface area contributed by atoms with Gasteiger partial charge >= 0.3 is 0 Å². The Morgan fingerprint density at radius 1 is 1.71 bits per heavy atom. The van der Waals surface area contributed by atoms with E-state index in [-0.39, 0.29) is 0 Å². The van der Waals surface area contributed by atoms with Crippen molar-refractivity contribution in [3.8, 4) is 0 Å². The maximum absolute atomic E-state index is 4.07. The molecule has 0 spiro atoms. The summed E-state index contributed by atoms with van der Waals surface area (Å²) in [6.07, 6.45) is 2.57. The zero-order valence-electron chi connectivity index (χ0n) is 8.44. The van der Waals surface area contributed by atoms with Gasteiger partial charge in [0.15, 0.2) is 0 Å². The van der Waals surface area contributed by atoms with Crippen molar-refractivity contribution in [1.82, 2.24) is 19.8 Å². The van der Waals surface area contributed by atoms with Crippen LogP contribution in [0.2, 0.25) is 0 Å². The summed E-state index contributed by atoms with van der Waals surface area (Å²) in [6, 6.07) is 0.648. The number of aromatic nitrogens is 2. The molecule has 2 heterocycles. The van der Waals surface area contributed by atoms with Crippen molar-refractivity contribution in [3.05, 3.63) is 11.1 Å². The highest BCUT2D eigenvalue weighted by atomic mass is 32.1. The van der Waals surface area contributed by atoms with Crippen LogP contribution in [0, 0.1) is 0 Å². The van der Waals surface area contributed by atoms with Crippen LogP contribution in [0.4, 0.5) is 0 Å². The monoisotopic (exact) mass is 212 g/mol. The normalized spacial score (nSPS) is 23.9. The van der Waals surface area contributed by atoms with Crippen LogP contribution >= 0.6 is 11.5 Å². The van der Waals surface area contributed by atoms with Crippen molar-refractivity contribution in [1.29, 1.82) is 0 Å². The molecule has 0 amide bonds. The molecule has 78 valence electrons. The molecule has 0 radical (unpaired) electrons. The maximum atomic E-state index is 4.07. The quantitative estimate of drug-likeness (QED) is 0.801. The summed E-state index contributed by atoms with van der Waals surface area (Å²) >= 11 is 1.43. The molecule has 1 aromatic rings. The van der Waals surface area contributed by atoms with Crippen LogP contribution in [0.15, 0.2) is 5.38 Å². The Bertz CT molecular complexity index is 262. The lowest BCUT2D eigenvalue weighted by molar-refractivity contribution is 0.186. The molecular formula is C9H16N4S. The highest BCUT2D eigenvalue weighted by Crippen LogP contribution is 2.12. The molecule has 1 aliphatic rings. The topological polar surface area (TPSA) is 41.0 Å². The summed E-state index contributed by atoms with van der Waals surface area (Å²) < 4.78 is 3.88. The fourth-order valence-corrected chi connectivity index (χ4v) is 2.36. The molecule has 1 atom stereocenters. The van der Waals surface area contributed by atoms with Crippen molar-refractivity contribution < 1.29 is 0 Å². The molecule has 1 N–H and O–H groups in total. The Morgan fingerprint density at radius 3 is 3.36 bits per heavy atom. The molecule has 0 bridgehead atoms. The number of likely N-dealkylation sites (N-methyl/N-ethyl adjacent to an activating group) is 1. The fraction of sp³-hybridized carbons (Fsp3) is 0.778. The summed E-state index contributed by atoms with van der Waals surface area (Å²) in [5.74, 6) is 0. The van der Waals surface area contributed by atoms with Gasteiger partial charge < -0.3 is 5.32 Å². The maximum Gasteiger partial charge on any atom is 0.0895 e. The van der Waals surface area contributed by atoms with E-state index >= 15 is 0 Å². The average molecular weight is 212 g/mol. The second kappa shape index (κ2) is 4.82. The van der Waals surface area contributed by atoms with Crippen LogP contribution in [0.25, 0.3) is 0 Å². The van der Waals surface area contributed by atoms with Crippen molar-refractivity contribution in [2.75, 3.05) is 20.1 Å². The van der Waals surface area contributed by atoms with Crippen LogP contribution in [0.1, 0.15) is 18.5 Å². The van der Waals surface area contributed by atoms with Crippen LogP contribution in [0.3, 0.4) is 0 Å². The molecule has 14 heavy (non-hydrogen) atoms. The van der Waals surface area contributed by atoms with Gasteiger partial charge in [0.25, 0.3) is 0 Å². The first-order valence-corrected chi connectivity index (χ1v) is 5.87. The Labute approximate surface area is 88.5 Å². The molecule has 1 saturated heterocycles. The van der Waals surface area contributed by atoms with E-state index in [2.05, 4.69) is 19.8 Å². The first-order chi connectivity index (χ1) is 6.88. The predicted octanol–water partition coefficient (Wildman–Crippen LogP) is 0.722. The van der Waals surface area contributed by atoms with Crippen molar-refractivity contribution in [3.63, 3.8) is 0 Å². The summed E-state index contributed by atoms with van der Waals surface area (Å²) in [7, 11) is 2.04. The third-order valence-electron chi connectivity index (χ3n) is 2.70. The lowest BCUT2D eigenvalue weighted by atomic mass is 10.1. The zero-order chi connectivity index (χ0) is 9.80. The summed E-state index contributed by atoms with van der Waals surface area (Å²) in [5, 5.41) is 9.44. The lowest BCUT2D eigenvalue weighted by Crippen LogP contribution is -2.43. The zero-order valence-corrected chi connectivity index (χ0v) is 9.26. The summed E-state index contributed by atoms with van der Waals surface area (Å²) in [5.41, 5.74) is 1.10. The number of likely N-dealkylation sites (tertiary alicyclic amines) is 1. The average Bonchev–Trinajstić information content (AvgIpc) is 2.71. The number of nitrogens with one attached hydrogen (secondary N) is 1. The summed E-state index contributed by atoms with van der Waals surface area (Å²) in [6.45, 7) is 3.28. The minimum Gasteiger partial charge on any atom is -0.316 e. The molecule has 0 aliphatic carbocycles. The molecule has 0 aromatic carbocycles. The van der Waals surface area contributed by atoms with E-state index in [4.69, 9.17) is 0 Å². The number of piperidine rings is 1. The molecular weight excluding hydrogens is 196 g/mol. The minimum absolute atomic E-state index is 0.648. The first-order valence-electron chi connectivity index (χ1n) is 5.04. The number of hydrogen-bond donors (Lipinski definition) is 1. The lowest BCUT2D eigenvalue weighted by Gasteiger charge is -2.31. The number of rotatable bonds is 3. The molecule has 1 unspecified atom stereocenters. The van der Waals surface area contributed by atoms with Gasteiger partial charge in [0.05, 0.1) is 5.69 Å². The number of nitrogens with zero attached hydrogens (tertiary/aromatic N) is 3. The van der Waals surface area contributed by atoms with Gasteiger partial charge in [-0.2, -0.15) is 0 Å². The third-order valence-corrected chi connectivity index (χ3v) is 3.26. The van der Waals surface area contributed by atoms with Crippen LogP contribution in [-0.4, -0.2) is 40.7 Å². The van der Waals surface area contributed by atoms with Gasteiger partial charge in [-0.05, 0) is 38.0 Å². The highest BCUT2D eigenvalue weighted by Gasteiger charge is 2.18. The smallest absolute Gasteiger partial charge is 0.0895 e. The van der Waals surface area contributed by atoms with Gasteiger partial charge in [-0.3, -0.25) is 4.90 Å². The van der Waals surface area contributed by atoms with Gasteiger partial charge in [-0.15, -0.1) is 5.10 Å². The van der Waals surface area contributed by atoms with Crippen LogP contribution < -0.4 is 5.32 Å². The molecule has 1 fully saturated rings. The van der Waals surface area contributed by atoms with E-state index in [0.717, 1.165) is 18.8 Å². The van der Waals surface area contributed by atoms with Crippen LogP contribution in [0.5, 0.6) is 0 Å². The van der Waals surface area contributed by atoms with Crippen molar-refractivity contribution >= 4 is 11.5 Å². The van der Waals surface area contributed by atoms with E-state index in [1.54, 1.807) is 0 Å². The second-order valence-electron chi connectivity index (χ2n) is 3.76. The second-order valence-corrected chi connectivity index (χ2v) is 4.37. The minimum atomic E-state index is 0.648. The molecule has 1 aliphatic heterocycles. The van der Waals surface area contributed by atoms with Gasteiger partial charge in [0.1, 0.15) is 0 Å². The van der Waals surface area contributed by atoms with Crippen LogP contribution in [-0.2, 0) is 6.54 Å². The molecule has 2 rings (SSSR count). The SMILES string of the molecule is CNC1CCCN(Cc2csnn2)C1. The van der Waals surface area contributed by atoms with Crippen molar-refractivity contribution in [2.24, 2.45) is 0 Å². The fourth-order valence-electron chi connectivity index (χ4n) is 1.92. The van der Waals surface area contributed by atoms with E-state index in [0.29, 0.717) is 6.04 Å².